The maximum absolute atomic E-state index is 11.8. The Hall–Kier alpha value is -1.63. The van der Waals surface area contributed by atoms with E-state index < -0.39 is 5.60 Å². The van der Waals surface area contributed by atoms with Crippen LogP contribution in [0.2, 0.25) is 5.28 Å². The van der Waals surface area contributed by atoms with Gasteiger partial charge in [0.1, 0.15) is 11.9 Å². The van der Waals surface area contributed by atoms with Crippen molar-refractivity contribution in [3.8, 4) is 0 Å². The molecule has 21 heavy (non-hydrogen) atoms. The maximum Gasteiger partial charge on any atom is 0.410 e. The molecule has 1 aromatic heterocycles. The summed E-state index contributed by atoms with van der Waals surface area (Å²) in [5, 5.41) is 0.177. The molecular formula is C13H20ClN5O2. The fourth-order valence-corrected chi connectivity index (χ4v) is 2.20. The van der Waals surface area contributed by atoms with Gasteiger partial charge >= 0.3 is 6.09 Å². The van der Waals surface area contributed by atoms with E-state index in [9.17, 15) is 4.79 Å². The van der Waals surface area contributed by atoms with Crippen LogP contribution in [0.15, 0.2) is 6.33 Å². The third-order valence-corrected chi connectivity index (χ3v) is 3.19. The number of halogens is 1. The maximum atomic E-state index is 11.8. The molecule has 1 saturated heterocycles. The van der Waals surface area contributed by atoms with Gasteiger partial charge < -0.3 is 14.5 Å². The zero-order valence-corrected chi connectivity index (χ0v) is 13.5. The summed E-state index contributed by atoms with van der Waals surface area (Å²) in [5.74, 6) is 0.906. The average molecular weight is 314 g/mol. The van der Waals surface area contributed by atoms with Crippen LogP contribution in [0.4, 0.5) is 10.7 Å². The molecule has 1 aromatic rings. The molecule has 2 rings (SSSR count). The number of hydrogen-bond acceptors (Lipinski definition) is 6. The number of aromatic nitrogens is 3. The zero-order valence-electron chi connectivity index (χ0n) is 12.7. The molecule has 0 unspecified atom stereocenters. The number of carbonyl (C=O) groups is 1. The first-order chi connectivity index (χ1) is 9.74. The number of hydrogen-bond donors (Lipinski definition) is 0. The van der Waals surface area contributed by atoms with Crippen LogP contribution in [0, 0.1) is 5.92 Å². The molecule has 0 N–H and O–H groups in total. The van der Waals surface area contributed by atoms with Gasteiger partial charge in [-0.3, -0.25) is 0 Å². The summed E-state index contributed by atoms with van der Waals surface area (Å²) in [6.07, 6.45) is 1.12. The number of likely N-dealkylation sites (tertiary alicyclic amines) is 1. The smallest absolute Gasteiger partial charge is 0.410 e. The van der Waals surface area contributed by atoms with E-state index in [1.807, 2.05) is 32.7 Å². The highest BCUT2D eigenvalue weighted by atomic mass is 35.5. The van der Waals surface area contributed by atoms with Gasteiger partial charge in [0.2, 0.25) is 11.2 Å². The average Bonchev–Trinajstić information content (AvgIpc) is 2.30. The first kappa shape index (κ1) is 15.8. The lowest BCUT2D eigenvalue weighted by Gasteiger charge is -2.41. The fourth-order valence-electron chi connectivity index (χ4n) is 2.08. The Labute approximate surface area is 129 Å². The van der Waals surface area contributed by atoms with E-state index in [1.165, 1.54) is 6.33 Å². The summed E-state index contributed by atoms with van der Waals surface area (Å²) in [6.45, 7) is 7.69. The quantitative estimate of drug-likeness (QED) is 0.847. The van der Waals surface area contributed by atoms with Crippen molar-refractivity contribution in [2.75, 3.05) is 31.6 Å². The molecule has 2 heterocycles. The van der Waals surface area contributed by atoms with E-state index >= 15 is 0 Å². The highest BCUT2D eigenvalue weighted by molar-refractivity contribution is 6.28. The standard InChI is InChI=1S/C13H20ClN5O2/c1-13(2,3)21-12(20)19-6-9(7-19)5-18(4)11-16-8-15-10(14)17-11/h8-9H,5-7H2,1-4H3. The van der Waals surface area contributed by atoms with E-state index in [0.717, 1.165) is 6.54 Å². The Kier molecular flexibility index (Phi) is 4.51. The Balaban J connectivity index is 1.79. The van der Waals surface area contributed by atoms with Gasteiger partial charge in [0.05, 0.1) is 0 Å². The topological polar surface area (TPSA) is 71.5 Å². The summed E-state index contributed by atoms with van der Waals surface area (Å²) in [4.78, 5) is 27.3. The predicted octanol–water partition coefficient (Wildman–Crippen LogP) is 1.83. The van der Waals surface area contributed by atoms with Crippen LogP contribution in [0.3, 0.4) is 0 Å². The van der Waals surface area contributed by atoms with Crippen molar-refractivity contribution < 1.29 is 9.53 Å². The van der Waals surface area contributed by atoms with Crippen molar-refractivity contribution in [2.24, 2.45) is 5.92 Å². The summed E-state index contributed by atoms with van der Waals surface area (Å²) in [5.41, 5.74) is -0.458. The van der Waals surface area contributed by atoms with Crippen molar-refractivity contribution in [1.29, 1.82) is 0 Å². The number of nitrogens with zero attached hydrogens (tertiary/aromatic N) is 5. The van der Waals surface area contributed by atoms with Gasteiger partial charge in [-0.1, -0.05) is 0 Å². The number of amides is 1. The van der Waals surface area contributed by atoms with Crippen LogP contribution >= 0.6 is 11.6 Å². The van der Waals surface area contributed by atoms with Crippen LogP contribution in [0.5, 0.6) is 0 Å². The van der Waals surface area contributed by atoms with Gasteiger partial charge in [-0.05, 0) is 32.4 Å². The second-order valence-electron chi connectivity index (χ2n) is 6.19. The summed E-state index contributed by atoms with van der Waals surface area (Å²) >= 11 is 5.74. The molecule has 1 aliphatic heterocycles. The van der Waals surface area contributed by atoms with Crippen LogP contribution in [-0.2, 0) is 4.74 Å². The summed E-state index contributed by atoms with van der Waals surface area (Å²) in [6, 6.07) is 0. The van der Waals surface area contributed by atoms with Gasteiger partial charge in [-0.25, -0.2) is 14.8 Å². The minimum atomic E-state index is -0.458. The highest BCUT2D eigenvalue weighted by Gasteiger charge is 2.34. The normalized spacial score (nSPS) is 15.6. The largest absolute Gasteiger partial charge is 0.444 e. The second-order valence-corrected chi connectivity index (χ2v) is 6.52. The van der Waals surface area contributed by atoms with Crippen molar-refractivity contribution in [3.63, 3.8) is 0 Å². The Morgan fingerprint density at radius 3 is 2.71 bits per heavy atom. The number of anilines is 1. The molecule has 0 radical (unpaired) electrons. The fraction of sp³-hybridized carbons (Fsp3) is 0.692. The first-order valence-corrected chi connectivity index (χ1v) is 7.16. The van der Waals surface area contributed by atoms with Gasteiger partial charge in [0.15, 0.2) is 0 Å². The third kappa shape index (κ3) is 4.42. The van der Waals surface area contributed by atoms with E-state index in [4.69, 9.17) is 16.3 Å². The molecule has 0 bridgehead atoms. The molecule has 1 amide bonds. The van der Waals surface area contributed by atoms with E-state index in [0.29, 0.717) is 25.0 Å². The molecule has 1 fully saturated rings. The van der Waals surface area contributed by atoms with Crippen molar-refractivity contribution in [3.05, 3.63) is 11.6 Å². The zero-order chi connectivity index (χ0) is 15.6. The number of ether oxygens (including phenoxy) is 1. The third-order valence-electron chi connectivity index (χ3n) is 3.01. The molecule has 0 atom stereocenters. The minimum absolute atomic E-state index is 0.177. The Morgan fingerprint density at radius 1 is 1.48 bits per heavy atom. The van der Waals surface area contributed by atoms with Gasteiger partial charge in [-0.2, -0.15) is 4.98 Å². The molecule has 0 saturated carbocycles. The van der Waals surface area contributed by atoms with Gasteiger partial charge in [-0.15, -0.1) is 0 Å². The van der Waals surface area contributed by atoms with Crippen molar-refractivity contribution in [2.45, 2.75) is 26.4 Å². The van der Waals surface area contributed by atoms with Crippen LogP contribution in [-0.4, -0.2) is 58.2 Å². The highest BCUT2D eigenvalue weighted by Crippen LogP contribution is 2.21. The lowest BCUT2D eigenvalue weighted by Crippen LogP contribution is -2.54. The number of rotatable bonds is 3. The van der Waals surface area contributed by atoms with Crippen LogP contribution in [0.1, 0.15) is 20.8 Å². The van der Waals surface area contributed by atoms with E-state index in [1.54, 1.807) is 4.90 Å². The minimum Gasteiger partial charge on any atom is -0.444 e. The SMILES string of the molecule is CN(CC1CN(C(=O)OC(C)(C)C)C1)c1ncnc(Cl)n1. The van der Waals surface area contributed by atoms with E-state index in [2.05, 4.69) is 15.0 Å². The molecule has 0 aliphatic carbocycles. The molecule has 0 aromatic carbocycles. The Morgan fingerprint density at radius 2 is 2.14 bits per heavy atom. The molecule has 0 spiro atoms. The molecule has 7 nitrogen and oxygen atoms in total. The van der Waals surface area contributed by atoms with Crippen molar-refractivity contribution in [1.82, 2.24) is 19.9 Å². The lowest BCUT2D eigenvalue weighted by atomic mass is 10.0. The van der Waals surface area contributed by atoms with Crippen LogP contribution in [0.25, 0.3) is 0 Å². The van der Waals surface area contributed by atoms with Gasteiger partial charge in [0, 0.05) is 32.6 Å². The van der Waals surface area contributed by atoms with Crippen LogP contribution < -0.4 is 4.90 Å². The van der Waals surface area contributed by atoms with Crippen molar-refractivity contribution >= 4 is 23.6 Å². The monoisotopic (exact) mass is 313 g/mol. The summed E-state index contributed by atoms with van der Waals surface area (Å²) < 4.78 is 5.32. The summed E-state index contributed by atoms with van der Waals surface area (Å²) in [7, 11) is 1.89. The van der Waals surface area contributed by atoms with Gasteiger partial charge in [0.25, 0.3) is 0 Å². The van der Waals surface area contributed by atoms with E-state index in [-0.39, 0.29) is 11.4 Å². The molecule has 8 heteroatoms. The molecule has 1 aliphatic rings. The second kappa shape index (κ2) is 6.01. The number of carbonyl (C=O) groups excluding carboxylic acids is 1. The molecular weight excluding hydrogens is 294 g/mol. The predicted molar refractivity (Wildman–Crippen MR) is 79.4 cm³/mol. The lowest BCUT2D eigenvalue weighted by molar-refractivity contribution is 0.000164. The molecule has 116 valence electrons. The Bertz CT molecular complexity index is 514. The first-order valence-electron chi connectivity index (χ1n) is 6.78.